The number of anilines is 1. The first-order valence-corrected chi connectivity index (χ1v) is 5.47. The Labute approximate surface area is 105 Å². The van der Waals surface area contributed by atoms with Gasteiger partial charge in [-0.05, 0) is 31.0 Å². The number of rotatable bonds is 2. The normalized spacial score (nSPS) is 10.4. The molecule has 1 aromatic carbocycles. The van der Waals surface area contributed by atoms with E-state index >= 15 is 0 Å². The highest BCUT2D eigenvalue weighted by Gasteiger charge is 2.16. The van der Waals surface area contributed by atoms with Crippen LogP contribution in [0.4, 0.5) is 10.3 Å². The van der Waals surface area contributed by atoms with Gasteiger partial charge in [-0.3, -0.25) is 0 Å². The lowest BCUT2D eigenvalue weighted by atomic mass is 10.0. The van der Waals surface area contributed by atoms with E-state index in [9.17, 15) is 4.39 Å². The molecule has 0 saturated carbocycles. The molecule has 0 aliphatic rings. The predicted molar refractivity (Wildman–Crippen MR) is 67.9 cm³/mol. The van der Waals surface area contributed by atoms with E-state index in [0.717, 1.165) is 17.3 Å². The maximum absolute atomic E-state index is 13.8. The lowest BCUT2D eigenvalue weighted by molar-refractivity contribution is 0.412. The van der Waals surface area contributed by atoms with Crippen molar-refractivity contribution in [2.24, 2.45) is 0 Å². The quantitative estimate of drug-likeness (QED) is 0.885. The van der Waals surface area contributed by atoms with Crippen LogP contribution >= 0.6 is 0 Å². The van der Waals surface area contributed by atoms with Gasteiger partial charge in [-0.2, -0.15) is 0 Å². The van der Waals surface area contributed by atoms with E-state index in [1.807, 2.05) is 19.9 Å². The van der Waals surface area contributed by atoms with Crippen LogP contribution in [0.3, 0.4) is 0 Å². The standard InChI is InChI=1S/C13H14FN3O/c1-7-4-5-9(12(18-3)8(7)2)11-10(14)6-16-13(15)17-11/h4-6H,1-3H3,(H2,15,16,17). The number of hydrogen-bond donors (Lipinski definition) is 1. The van der Waals surface area contributed by atoms with E-state index in [1.54, 1.807) is 13.2 Å². The second-order valence-corrected chi connectivity index (χ2v) is 4.01. The molecule has 0 aliphatic heterocycles. The molecule has 2 rings (SSSR count). The van der Waals surface area contributed by atoms with Crippen LogP contribution in [0.5, 0.6) is 5.75 Å². The maximum Gasteiger partial charge on any atom is 0.220 e. The lowest BCUT2D eigenvalue weighted by Crippen LogP contribution is -2.01. The van der Waals surface area contributed by atoms with E-state index in [1.165, 1.54) is 0 Å². The Morgan fingerprint density at radius 2 is 2.00 bits per heavy atom. The monoisotopic (exact) mass is 247 g/mol. The first-order chi connectivity index (χ1) is 8.54. The Hall–Kier alpha value is -2.17. The van der Waals surface area contributed by atoms with Gasteiger partial charge in [-0.15, -0.1) is 0 Å². The molecule has 0 radical (unpaired) electrons. The van der Waals surface area contributed by atoms with Crippen molar-refractivity contribution in [2.45, 2.75) is 13.8 Å². The number of nitrogens with zero attached hydrogens (tertiary/aromatic N) is 2. The summed E-state index contributed by atoms with van der Waals surface area (Å²) < 4.78 is 19.1. The fourth-order valence-electron chi connectivity index (χ4n) is 1.81. The van der Waals surface area contributed by atoms with E-state index in [4.69, 9.17) is 10.5 Å². The molecule has 0 amide bonds. The zero-order valence-corrected chi connectivity index (χ0v) is 10.5. The number of methoxy groups -OCH3 is 1. The summed E-state index contributed by atoms with van der Waals surface area (Å²) in [6.45, 7) is 3.88. The lowest BCUT2D eigenvalue weighted by Gasteiger charge is -2.13. The molecule has 0 saturated heterocycles. The summed E-state index contributed by atoms with van der Waals surface area (Å²) in [6, 6.07) is 3.66. The first-order valence-electron chi connectivity index (χ1n) is 5.47. The number of aromatic nitrogens is 2. The molecule has 94 valence electrons. The third-order valence-corrected chi connectivity index (χ3v) is 2.90. The second-order valence-electron chi connectivity index (χ2n) is 4.01. The van der Waals surface area contributed by atoms with Crippen molar-refractivity contribution in [2.75, 3.05) is 12.8 Å². The minimum absolute atomic E-state index is 0.0340. The number of nitrogens with two attached hydrogens (primary N) is 1. The predicted octanol–water partition coefficient (Wildman–Crippen LogP) is 2.49. The van der Waals surface area contributed by atoms with Crippen molar-refractivity contribution in [3.63, 3.8) is 0 Å². The molecule has 2 aromatic rings. The van der Waals surface area contributed by atoms with Crippen LogP contribution in [0.2, 0.25) is 0 Å². The number of hydrogen-bond acceptors (Lipinski definition) is 4. The van der Waals surface area contributed by atoms with Crippen molar-refractivity contribution >= 4 is 5.95 Å². The minimum Gasteiger partial charge on any atom is -0.496 e. The number of aryl methyl sites for hydroxylation is 1. The van der Waals surface area contributed by atoms with Gasteiger partial charge in [0, 0.05) is 5.56 Å². The summed E-state index contributed by atoms with van der Waals surface area (Å²) in [4.78, 5) is 7.55. The molecular formula is C13H14FN3O. The highest BCUT2D eigenvalue weighted by Crippen LogP contribution is 2.34. The molecule has 1 heterocycles. The Kier molecular flexibility index (Phi) is 3.14. The number of nitrogen functional groups attached to an aromatic ring is 1. The Morgan fingerprint density at radius 1 is 1.28 bits per heavy atom. The number of halogens is 1. The van der Waals surface area contributed by atoms with E-state index in [0.29, 0.717) is 11.3 Å². The summed E-state index contributed by atoms with van der Waals surface area (Å²) >= 11 is 0. The van der Waals surface area contributed by atoms with E-state index in [-0.39, 0.29) is 11.6 Å². The fourth-order valence-corrected chi connectivity index (χ4v) is 1.81. The van der Waals surface area contributed by atoms with Gasteiger partial charge in [0.25, 0.3) is 0 Å². The van der Waals surface area contributed by atoms with Crippen LogP contribution in [-0.2, 0) is 0 Å². The second kappa shape index (κ2) is 4.60. The van der Waals surface area contributed by atoms with Crippen molar-refractivity contribution in [3.8, 4) is 17.0 Å². The molecule has 1 aromatic heterocycles. The number of benzene rings is 1. The SMILES string of the molecule is COc1c(-c2nc(N)ncc2F)ccc(C)c1C. The number of ether oxygens (including phenoxy) is 1. The van der Waals surface area contributed by atoms with Crippen LogP contribution in [0, 0.1) is 19.7 Å². The molecule has 0 bridgehead atoms. The van der Waals surface area contributed by atoms with Crippen molar-refractivity contribution in [1.82, 2.24) is 9.97 Å². The van der Waals surface area contributed by atoms with Gasteiger partial charge in [-0.25, -0.2) is 14.4 Å². The average Bonchev–Trinajstić information content (AvgIpc) is 2.35. The first kappa shape index (κ1) is 12.3. The van der Waals surface area contributed by atoms with Crippen molar-refractivity contribution in [3.05, 3.63) is 35.3 Å². The van der Waals surface area contributed by atoms with Gasteiger partial charge in [-0.1, -0.05) is 6.07 Å². The molecule has 0 spiro atoms. The van der Waals surface area contributed by atoms with Crippen LogP contribution in [0.25, 0.3) is 11.3 Å². The maximum atomic E-state index is 13.8. The van der Waals surface area contributed by atoms with Gasteiger partial charge < -0.3 is 10.5 Å². The zero-order chi connectivity index (χ0) is 13.3. The van der Waals surface area contributed by atoms with Crippen molar-refractivity contribution in [1.29, 1.82) is 0 Å². The molecule has 0 fully saturated rings. The molecule has 18 heavy (non-hydrogen) atoms. The summed E-state index contributed by atoms with van der Waals surface area (Å²) in [5.74, 6) is 0.115. The molecule has 0 aliphatic carbocycles. The molecular weight excluding hydrogens is 233 g/mol. The van der Waals surface area contributed by atoms with Crippen LogP contribution in [-0.4, -0.2) is 17.1 Å². The molecule has 0 atom stereocenters. The van der Waals surface area contributed by atoms with E-state index < -0.39 is 5.82 Å². The van der Waals surface area contributed by atoms with Gasteiger partial charge in [0.2, 0.25) is 5.95 Å². The van der Waals surface area contributed by atoms with Gasteiger partial charge in [0.1, 0.15) is 11.4 Å². The Bertz CT molecular complexity index is 599. The van der Waals surface area contributed by atoms with Crippen LogP contribution < -0.4 is 10.5 Å². The Balaban J connectivity index is 2.71. The third kappa shape index (κ3) is 1.99. The average molecular weight is 247 g/mol. The van der Waals surface area contributed by atoms with Crippen molar-refractivity contribution < 1.29 is 9.13 Å². The molecule has 5 heteroatoms. The van der Waals surface area contributed by atoms with Crippen LogP contribution in [0.1, 0.15) is 11.1 Å². The fraction of sp³-hybridized carbons (Fsp3) is 0.231. The summed E-state index contributed by atoms with van der Waals surface area (Å²) in [5.41, 5.74) is 8.24. The zero-order valence-electron chi connectivity index (χ0n) is 10.5. The largest absolute Gasteiger partial charge is 0.496 e. The Morgan fingerprint density at radius 3 is 2.67 bits per heavy atom. The van der Waals surface area contributed by atoms with Gasteiger partial charge in [0.05, 0.1) is 13.3 Å². The molecule has 4 nitrogen and oxygen atoms in total. The van der Waals surface area contributed by atoms with Gasteiger partial charge >= 0.3 is 0 Å². The van der Waals surface area contributed by atoms with E-state index in [2.05, 4.69) is 9.97 Å². The van der Waals surface area contributed by atoms with Crippen LogP contribution in [0.15, 0.2) is 18.3 Å². The highest BCUT2D eigenvalue weighted by atomic mass is 19.1. The summed E-state index contributed by atoms with van der Waals surface area (Å²) in [6.07, 6.45) is 1.06. The third-order valence-electron chi connectivity index (χ3n) is 2.90. The molecule has 2 N–H and O–H groups in total. The summed E-state index contributed by atoms with van der Waals surface area (Å²) in [5, 5.41) is 0. The minimum atomic E-state index is -0.522. The van der Waals surface area contributed by atoms with Gasteiger partial charge in [0.15, 0.2) is 5.82 Å². The topological polar surface area (TPSA) is 61.0 Å². The summed E-state index contributed by atoms with van der Waals surface area (Å²) in [7, 11) is 1.55. The highest BCUT2D eigenvalue weighted by molar-refractivity contribution is 5.71. The molecule has 0 unspecified atom stereocenters. The smallest absolute Gasteiger partial charge is 0.220 e.